The molecule has 3 aliphatic heterocycles. The van der Waals surface area contributed by atoms with E-state index in [1.54, 1.807) is 0 Å². The first kappa shape index (κ1) is 29.9. The lowest BCUT2D eigenvalue weighted by atomic mass is 10.1. The average Bonchev–Trinajstić information content (AvgIpc) is 3.72. The highest BCUT2D eigenvalue weighted by Gasteiger charge is 2.54. The molecule has 242 valence electrons. The molecule has 3 saturated heterocycles. The lowest BCUT2D eigenvalue weighted by Crippen LogP contribution is -2.45. The fraction of sp³-hybridized carbons (Fsp3) is 0.500. The monoisotopic (exact) mass is 676 g/mol. The molecule has 21 nitrogen and oxygen atoms in total. The number of hydrogen-bond donors (Lipinski definition) is 5. The molecule has 0 bridgehead atoms. The van der Waals surface area contributed by atoms with Crippen LogP contribution in [-0.2, 0) is 37.6 Å². The first-order valence-corrected chi connectivity index (χ1v) is 15.8. The molecule has 7 heterocycles. The summed E-state index contributed by atoms with van der Waals surface area (Å²) in [5, 5.41) is 0. The highest BCUT2D eigenvalue weighted by Crippen LogP contribution is 2.50. The third kappa shape index (κ3) is 5.22. The summed E-state index contributed by atoms with van der Waals surface area (Å²) in [6, 6.07) is 0. The van der Waals surface area contributed by atoms with Crippen LogP contribution in [0.25, 0.3) is 22.3 Å². The fourth-order valence-corrected chi connectivity index (χ4v) is 7.20. The number of anilines is 3. The van der Waals surface area contributed by atoms with Crippen molar-refractivity contribution in [3.05, 3.63) is 19.0 Å². The maximum atomic E-state index is 15.9. The quantitative estimate of drug-likeness (QED) is 0.153. The van der Waals surface area contributed by atoms with Gasteiger partial charge < -0.3 is 31.6 Å². The van der Waals surface area contributed by atoms with Crippen molar-refractivity contribution in [3.8, 4) is 0 Å². The highest BCUT2D eigenvalue weighted by molar-refractivity contribution is 7.84. The van der Waals surface area contributed by atoms with E-state index in [2.05, 4.69) is 29.9 Å². The lowest BCUT2D eigenvalue weighted by molar-refractivity contribution is -0.0496. The molecule has 3 fully saturated rings. The zero-order valence-corrected chi connectivity index (χ0v) is 24.1. The molecule has 0 radical (unpaired) electrons. The number of nitrogens with one attached hydrogen (secondary N) is 1. The van der Waals surface area contributed by atoms with Crippen LogP contribution in [-0.4, -0.2) is 102 Å². The van der Waals surface area contributed by atoms with Gasteiger partial charge in [-0.2, -0.15) is 23.1 Å². The minimum atomic E-state index is -5.14. The van der Waals surface area contributed by atoms with E-state index in [1.165, 1.54) is 0 Å². The van der Waals surface area contributed by atoms with Crippen molar-refractivity contribution >= 4 is 58.0 Å². The van der Waals surface area contributed by atoms with E-state index in [0.717, 1.165) is 28.1 Å². The summed E-state index contributed by atoms with van der Waals surface area (Å²) in [6.07, 6.45) is -11.2. The number of rotatable bonds is 2. The zero-order valence-electron chi connectivity index (χ0n) is 22.4. The Morgan fingerprint density at radius 2 is 1.56 bits per heavy atom. The molecule has 0 spiro atoms. The minimum Gasteiger partial charge on any atom is -0.382 e. The Labute approximate surface area is 249 Å². The van der Waals surface area contributed by atoms with Crippen molar-refractivity contribution in [3.63, 3.8) is 0 Å². The van der Waals surface area contributed by atoms with Gasteiger partial charge in [-0.3, -0.25) is 18.2 Å². The van der Waals surface area contributed by atoms with Crippen LogP contribution in [0.1, 0.15) is 12.5 Å². The van der Waals surface area contributed by atoms with E-state index in [9.17, 15) is 17.9 Å². The van der Waals surface area contributed by atoms with Crippen LogP contribution in [0.5, 0.6) is 0 Å². The molecule has 1 unspecified atom stereocenters. The van der Waals surface area contributed by atoms with Crippen molar-refractivity contribution in [2.45, 2.75) is 49.2 Å². The predicted octanol–water partition coefficient (Wildman–Crippen LogP) is -1.38. The number of hydrogen-bond acceptors (Lipinski definition) is 17. The zero-order chi connectivity index (χ0) is 31.8. The number of nitrogen functional groups attached to an aromatic ring is 3. The third-order valence-corrected chi connectivity index (χ3v) is 9.27. The van der Waals surface area contributed by atoms with Crippen molar-refractivity contribution in [1.82, 2.24) is 43.8 Å². The van der Waals surface area contributed by atoms with Gasteiger partial charge in [-0.05, 0) is 0 Å². The summed E-state index contributed by atoms with van der Waals surface area (Å²) in [5.41, 5.74) is 17.4. The molecule has 0 amide bonds. The second kappa shape index (κ2) is 10.7. The topological polar surface area (TPSA) is 295 Å². The molecule has 45 heavy (non-hydrogen) atoms. The van der Waals surface area contributed by atoms with Gasteiger partial charge in [0, 0.05) is 6.54 Å². The van der Waals surface area contributed by atoms with Crippen LogP contribution in [0, 0.1) is 0 Å². The first-order valence-electron chi connectivity index (χ1n) is 12.9. The molecule has 9 atom stereocenters. The van der Waals surface area contributed by atoms with E-state index in [1.807, 2.05) is 4.72 Å². The molecule has 4 aromatic heterocycles. The van der Waals surface area contributed by atoms with Gasteiger partial charge in [-0.25, -0.2) is 37.5 Å². The molecule has 0 aromatic carbocycles. The Balaban J connectivity index is 1.17. The number of phosphoric ester groups is 1. The van der Waals surface area contributed by atoms with Gasteiger partial charge in [0.25, 0.3) is 0 Å². The second-order valence-electron chi connectivity index (χ2n) is 10.1. The van der Waals surface area contributed by atoms with Crippen LogP contribution < -0.4 is 21.9 Å². The minimum absolute atomic E-state index is 0.00278. The van der Waals surface area contributed by atoms with Crippen LogP contribution in [0.4, 0.5) is 26.4 Å². The second-order valence-corrected chi connectivity index (χ2v) is 12.9. The van der Waals surface area contributed by atoms with Crippen LogP contribution in [0.15, 0.2) is 19.0 Å². The summed E-state index contributed by atoms with van der Waals surface area (Å²) < 4.78 is 102. The predicted molar refractivity (Wildman–Crippen MR) is 144 cm³/mol. The Morgan fingerprint density at radius 3 is 2.29 bits per heavy atom. The van der Waals surface area contributed by atoms with E-state index in [0.29, 0.717) is 0 Å². The Morgan fingerprint density at radius 1 is 0.911 bits per heavy atom. The van der Waals surface area contributed by atoms with Crippen LogP contribution in [0.2, 0.25) is 0 Å². The smallest absolute Gasteiger partial charge is 0.382 e. The van der Waals surface area contributed by atoms with Gasteiger partial charge in [0.15, 0.2) is 47.7 Å². The SMILES string of the molecule is Nc1nc(N)c2ncn([C@@H]3O[C@@H]4COP(=O)(O)O[C@H]5[C@@H](F)[C@H](n6cnc7c(N)ncnc76)O[C@@H]5CNS(=O)(=O)O[C@H]4[C@H]3F)c2n1. The van der Waals surface area contributed by atoms with Crippen LogP contribution >= 0.6 is 7.82 Å². The number of phosphoric acid groups is 1. The van der Waals surface area contributed by atoms with E-state index < -0.39 is 80.5 Å². The van der Waals surface area contributed by atoms with Gasteiger partial charge in [0.1, 0.15) is 41.8 Å². The van der Waals surface area contributed by atoms with Crippen molar-refractivity contribution in [2.24, 2.45) is 0 Å². The summed E-state index contributed by atoms with van der Waals surface area (Å²) >= 11 is 0. The third-order valence-electron chi connectivity index (χ3n) is 7.29. The van der Waals surface area contributed by atoms with E-state index in [4.69, 9.17) is 39.9 Å². The number of nitrogens with zero attached hydrogens (tertiary/aromatic N) is 8. The highest BCUT2D eigenvalue weighted by atomic mass is 32.2. The molecule has 25 heteroatoms. The molecule has 0 saturated carbocycles. The van der Waals surface area contributed by atoms with Gasteiger partial charge in [0.2, 0.25) is 5.95 Å². The van der Waals surface area contributed by atoms with Crippen molar-refractivity contribution in [1.29, 1.82) is 0 Å². The Bertz CT molecular complexity index is 1950. The van der Waals surface area contributed by atoms with E-state index >= 15 is 8.78 Å². The average molecular weight is 677 g/mol. The number of halogens is 2. The molecule has 4 aromatic rings. The molecule has 8 N–H and O–H groups in total. The number of imidazole rings is 2. The number of nitrogens with two attached hydrogens (primary N) is 3. The number of fused-ring (bicyclic) bond motifs is 4. The maximum Gasteiger partial charge on any atom is 0.472 e. The largest absolute Gasteiger partial charge is 0.472 e. The molecular formula is C20H23F2N12O9PS. The summed E-state index contributed by atoms with van der Waals surface area (Å²) in [5.74, 6) is -0.371. The Kier molecular flexibility index (Phi) is 7.10. The first-order chi connectivity index (χ1) is 21.3. The van der Waals surface area contributed by atoms with Gasteiger partial charge in [-0.15, -0.1) is 0 Å². The lowest BCUT2D eigenvalue weighted by Gasteiger charge is -2.26. The summed E-state index contributed by atoms with van der Waals surface area (Å²) in [4.78, 5) is 34.2. The number of ether oxygens (including phenoxy) is 2. The molecule has 0 aliphatic carbocycles. The van der Waals surface area contributed by atoms with Gasteiger partial charge in [-0.1, -0.05) is 0 Å². The Hall–Kier alpha value is -3.74. The fourth-order valence-electron chi connectivity index (χ4n) is 5.29. The van der Waals surface area contributed by atoms with Crippen molar-refractivity contribution in [2.75, 3.05) is 30.4 Å². The van der Waals surface area contributed by atoms with Crippen LogP contribution in [0.3, 0.4) is 0 Å². The normalized spacial score (nSPS) is 35.5. The standard InChI is InChI=1S/C20H23F2N12O9PS/c21-8-12-6(40-18(8)33-4-28-10-14(23)26-3-27-16(10)33)1-30-45(37,38)43-13-7(2-39-44(35,36)42-12)41-19(9(13)22)34-5-29-11-15(24)31-20(25)32-17(11)34/h3-9,12-13,18-19,30H,1-2H2,(H,35,36)(H2,23,26,27)(H4,24,25,31,32)/t6-,7-,8-,9-,12-,13-,18-,19-/m1/s1. The summed E-state index contributed by atoms with van der Waals surface area (Å²) in [7, 11) is -9.94. The van der Waals surface area contributed by atoms with E-state index in [-0.39, 0.29) is 39.9 Å². The molecule has 3 aliphatic rings. The maximum absolute atomic E-state index is 15.9. The summed E-state index contributed by atoms with van der Waals surface area (Å²) in [6.45, 7) is -1.67. The molecular weight excluding hydrogens is 653 g/mol. The molecule has 7 rings (SSSR count). The van der Waals surface area contributed by atoms with Gasteiger partial charge >= 0.3 is 18.1 Å². The number of aromatic nitrogens is 8. The van der Waals surface area contributed by atoms with Crippen molar-refractivity contribution < 1.29 is 49.4 Å². The van der Waals surface area contributed by atoms with Gasteiger partial charge in [0.05, 0.1) is 19.3 Å². The number of alkyl halides is 2.